The number of aromatic hydroxyl groups is 1. The van der Waals surface area contributed by atoms with Crippen molar-refractivity contribution in [1.82, 2.24) is 0 Å². The van der Waals surface area contributed by atoms with Crippen molar-refractivity contribution in [1.29, 1.82) is 0 Å². The van der Waals surface area contributed by atoms with Crippen LogP contribution in [0, 0.1) is 6.92 Å². The minimum Gasteiger partial charge on any atom is -0.507 e. The molecule has 1 aliphatic rings. The largest absolute Gasteiger partial charge is 0.507 e. The van der Waals surface area contributed by atoms with Crippen molar-refractivity contribution >= 4 is 12.0 Å². The molecule has 0 aliphatic carbocycles. The minimum absolute atomic E-state index is 0.107. The number of ether oxygens (including phenoxy) is 2. The lowest BCUT2D eigenvalue weighted by molar-refractivity contribution is 0.0692. The van der Waals surface area contributed by atoms with Crippen LogP contribution < -0.4 is 4.74 Å². The lowest BCUT2D eigenvalue weighted by atomic mass is 9.93. The summed E-state index contributed by atoms with van der Waals surface area (Å²) >= 11 is 0. The van der Waals surface area contributed by atoms with Gasteiger partial charge in [-0.05, 0) is 39.8 Å². The van der Waals surface area contributed by atoms with Crippen molar-refractivity contribution in [3.8, 4) is 11.5 Å². The average molecular weight is 304 g/mol. The fourth-order valence-corrected chi connectivity index (χ4v) is 2.36. The van der Waals surface area contributed by atoms with Gasteiger partial charge in [0, 0.05) is 16.7 Å². The molecule has 0 aromatic heterocycles. The van der Waals surface area contributed by atoms with E-state index in [1.807, 2.05) is 19.9 Å². The number of carbonyl (C=O) groups is 1. The summed E-state index contributed by atoms with van der Waals surface area (Å²) in [5.41, 5.74) is 2.52. The molecule has 1 heterocycles. The zero-order valence-corrected chi connectivity index (χ0v) is 13.2. The van der Waals surface area contributed by atoms with Crippen LogP contribution in [0.2, 0.25) is 0 Å². The van der Waals surface area contributed by atoms with E-state index in [2.05, 4.69) is 0 Å². The number of phenols is 1. The molecule has 0 saturated heterocycles. The second-order valence-electron chi connectivity index (χ2n) is 5.51. The van der Waals surface area contributed by atoms with Crippen molar-refractivity contribution in [2.75, 3.05) is 6.61 Å². The van der Waals surface area contributed by atoms with Crippen LogP contribution in [0.3, 0.4) is 0 Å². The van der Waals surface area contributed by atoms with E-state index >= 15 is 0 Å². The van der Waals surface area contributed by atoms with E-state index in [1.54, 1.807) is 19.9 Å². The Hall–Kier alpha value is -2.43. The fourth-order valence-electron chi connectivity index (χ4n) is 2.36. The molecule has 1 aromatic rings. The molecule has 0 spiro atoms. The molecule has 0 unspecified atom stereocenters. The molecular formula is C17H20O5. The predicted molar refractivity (Wildman–Crippen MR) is 83.2 cm³/mol. The first-order valence-corrected chi connectivity index (χ1v) is 7.01. The number of carboxylic acids is 1. The van der Waals surface area contributed by atoms with Gasteiger partial charge in [0.25, 0.3) is 0 Å². The molecule has 2 N–H and O–H groups in total. The van der Waals surface area contributed by atoms with E-state index in [-0.39, 0.29) is 17.9 Å². The fraction of sp³-hybridized carbons (Fsp3) is 0.353. The molecule has 1 aliphatic heterocycles. The third-order valence-electron chi connectivity index (χ3n) is 3.53. The predicted octanol–water partition coefficient (Wildman–Crippen LogP) is 3.63. The van der Waals surface area contributed by atoms with Gasteiger partial charge in [0.15, 0.2) is 0 Å². The van der Waals surface area contributed by atoms with Gasteiger partial charge in [-0.1, -0.05) is 5.57 Å². The molecule has 0 saturated carbocycles. The summed E-state index contributed by atoms with van der Waals surface area (Å²) in [4.78, 5) is 11.5. The van der Waals surface area contributed by atoms with Gasteiger partial charge in [-0.25, -0.2) is 4.79 Å². The van der Waals surface area contributed by atoms with E-state index in [0.717, 1.165) is 5.57 Å². The number of aromatic carboxylic acids is 1. The third-order valence-corrected chi connectivity index (χ3v) is 3.53. The van der Waals surface area contributed by atoms with Gasteiger partial charge < -0.3 is 19.7 Å². The van der Waals surface area contributed by atoms with Gasteiger partial charge in [-0.15, -0.1) is 0 Å². The van der Waals surface area contributed by atoms with Gasteiger partial charge in [0.05, 0.1) is 5.76 Å². The van der Waals surface area contributed by atoms with E-state index in [0.29, 0.717) is 34.8 Å². The monoisotopic (exact) mass is 304 g/mol. The number of allylic oxidation sites excluding steroid dienone is 2. The van der Waals surface area contributed by atoms with Crippen LogP contribution in [0.25, 0.3) is 6.08 Å². The molecule has 0 atom stereocenters. The van der Waals surface area contributed by atoms with Gasteiger partial charge in [-0.3, -0.25) is 0 Å². The Morgan fingerprint density at radius 2 is 2.09 bits per heavy atom. The molecule has 118 valence electrons. The van der Waals surface area contributed by atoms with Crippen LogP contribution in [0.1, 0.15) is 47.8 Å². The molecule has 0 radical (unpaired) electrons. The Morgan fingerprint density at radius 1 is 1.41 bits per heavy atom. The SMILES string of the molecule is CC(C)=CCOc1c(C)c(O)c(C(=O)O)c2c1COC(C)=C2. The molecule has 0 fully saturated rings. The van der Waals surface area contributed by atoms with Gasteiger partial charge >= 0.3 is 5.97 Å². The van der Waals surface area contributed by atoms with Crippen LogP contribution in [0.4, 0.5) is 0 Å². The van der Waals surface area contributed by atoms with E-state index in [4.69, 9.17) is 9.47 Å². The Morgan fingerprint density at radius 3 is 2.68 bits per heavy atom. The number of hydrogen-bond acceptors (Lipinski definition) is 4. The number of benzene rings is 1. The number of rotatable bonds is 4. The topological polar surface area (TPSA) is 76.0 Å². The quantitative estimate of drug-likeness (QED) is 0.831. The van der Waals surface area contributed by atoms with Crippen LogP contribution in [-0.4, -0.2) is 22.8 Å². The summed E-state index contributed by atoms with van der Waals surface area (Å²) in [7, 11) is 0. The summed E-state index contributed by atoms with van der Waals surface area (Å²) in [5, 5.41) is 19.6. The highest BCUT2D eigenvalue weighted by Crippen LogP contribution is 2.41. The lowest BCUT2D eigenvalue weighted by Crippen LogP contribution is -2.12. The molecule has 22 heavy (non-hydrogen) atoms. The molecule has 2 rings (SSSR count). The minimum atomic E-state index is -1.17. The number of fused-ring (bicyclic) bond motifs is 1. The average Bonchev–Trinajstić information content (AvgIpc) is 2.42. The highest BCUT2D eigenvalue weighted by Gasteiger charge is 2.27. The summed E-state index contributed by atoms with van der Waals surface area (Å²) < 4.78 is 11.3. The van der Waals surface area contributed by atoms with E-state index < -0.39 is 5.97 Å². The van der Waals surface area contributed by atoms with E-state index in [9.17, 15) is 15.0 Å². The Balaban J connectivity index is 2.61. The van der Waals surface area contributed by atoms with Crippen LogP contribution in [0.5, 0.6) is 11.5 Å². The summed E-state index contributed by atoms with van der Waals surface area (Å²) in [6.07, 6.45) is 3.54. The smallest absolute Gasteiger partial charge is 0.340 e. The van der Waals surface area contributed by atoms with Crippen molar-refractivity contribution in [3.05, 3.63) is 39.7 Å². The van der Waals surface area contributed by atoms with Crippen LogP contribution in [0.15, 0.2) is 17.4 Å². The lowest BCUT2D eigenvalue weighted by Gasteiger charge is -2.23. The van der Waals surface area contributed by atoms with Crippen molar-refractivity contribution in [2.24, 2.45) is 0 Å². The molecule has 5 heteroatoms. The summed E-state index contributed by atoms with van der Waals surface area (Å²) in [6.45, 7) is 7.89. The second kappa shape index (κ2) is 6.13. The molecular weight excluding hydrogens is 284 g/mol. The summed E-state index contributed by atoms with van der Waals surface area (Å²) in [5.74, 6) is -0.338. The van der Waals surface area contributed by atoms with Crippen molar-refractivity contribution in [3.63, 3.8) is 0 Å². The highest BCUT2D eigenvalue weighted by molar-refractivity contribution is 5.97. The first kappa shape index (κ1) is 15.9. The zero-order chi connectivity index (χ0) is 16.4. The van der Waals surface area contributed by atoms with Gasteiger partial charge in [0.2, 0.25) is 0 Å². The first-order chi connectivity index (χ1) is 10.3. The third kappa shape index (κ3) is 2.93. The second-order valence-corrected chi connectivity index (χ2v) is 5.51. The maximum atomic E-state index is 11.5. The number of carboxylic acid groups (broad SMARTS) is 1. The highest BCUT2D eigenvalue weighted by atomic mass is 16.5. The molecule has 0 bridgehead atoms. The Labute approximate surface area is 129 Å². The molecule has 5 nitrogen and oxygen atoms in total. The maximum Gasteiger partial charge on any atom is 0.340 e. The van der Waals surface area contributed by atoms with Gasteiger partial charge in [0.1, 0.15) is 30.3 Å². The van der Waals surface area contributed by atoms with Crippen molar-refractivity contribution in [2.45, 2.75) is 34.3 Å². The molecule has 0 amide bonds. The van der Waals surface area contributed by atoms with Crippen molar-refractivity contribution < 1.29 is 24.5 Å². The first-order valence-electron chi connectivity index (χ1n) is 7.01. The molecule has 1 aromatic carbocycles. The van der Waals surface area contributed by atoms with Crippen LogP contribution >= 0.6 is 0 Å². The van der Waals surface area contributed by atoms with Gasteiger partial charge in [-0.2, -0.15) is 0 Å². The van der Waals surface area contributed by atoms with E-state index in [1.165, 1.54) is 0 Å². The Bertz CT molecular complexity index is 679. The zero-order valence-electron chi connectivity index (χ0n) is 13.2. The maximum absolute atomic E-state index is 11.5. The summed E-state index contributed by atoms with van der Waals surface area (Å²) in [6, 6.07) is 0. The Kier molecular flexibility index (Phi) is 4.45. The normalized spacial score (nSPS) is 12.8. The number of hydrogen-bond donors (Lipinski definition) is 2. The van der Waals surface area contributed by atoms with Crippen LogP contribution in [-0.2, 0) is 11.3 Å². The standard InChI is InChI=1S/C17H20O5/c1-9(2)5-6-21-16-11(4)15(18)14(17(19)20)12-7-10(3)22-8-13(12)16/h5,7,18H,6,8H2,1-4H3,(H,19,20).